The molecule has 0 aromatic carbocycles. The van der Waals surface area contributed by atoms with Crippen LogP contribution in [0.3, 0.4) is 0 Å². The lowest BCUT2D eigenvalue weighted by Crippen LogP contribution is -2.46. The first kappa shape index (κ1) is 20.3. The molecule has 7 nitrogen and oxygen atoms in total. The molecule has 1 N–H and O–H groups in total. The lowest BCUT2D eigenvalue weighted by Gasteiger charge is -2.35. The smallest absolute Gasteiger partial charge is 0.229 e. The lowest BCUT2D eigenvalue weighted by atomic mass is 10.1. The Balaban J connectivity index is 1.31. The Bertz CT molecular complexity index is 978. The van der Waals surface area contributed by atoms with Crippen molar-refractivity contribution in [1.82, 2.24) is 14.9 Å². The largest absolute Gasteiger partial charge is 0.497 e. The van der Waals surface area contributed by atoms with Gasteiger partial charge in [-0.3, -0.25) is 4.90 Å². The summed E-state index contributed by atoms with van der Waals surface area (Å²) in [4.78, 5) is 16.6. The van der Waals surface area contributed by atoms with Crippen LogP contribution in [0.5, 0.6) is 0 Å². The van der Waals surface area contributed by atoms with Gasteiger partial charge in [0.25, 0.3) is 0 Å². The van der Waals surface area contributed by atoms with Gasteiger partial charge >= 0.3 is 0 Å². The fourth-order valence-corrected chi connectivity index (χ4v) is 4.94. The quantitative estimate of drug-likeness (QED) is 0.711. The molecule has 0 spiro atoms. The van der Waals surface area contributed by atoms with Gasteiger partial charge in [-0.15, -0.1) is 0 Å². The molecule has 31 heavy (non-hydrogen) atoms. The highest BCUT2D eigenvalue weighted by molar-refractivity contribution is 7.07. The van der Waals surface area contributed by atoms with Gasteiger partial charge in [-0.05, 0) is 46.9 Å². The molecule has 1 saturated carbocycles. The summed E-state index contributed by atoms with van der Waals surface area (Å²) >= 11 is 1.77. The topological polar surface area (TPSA) is 56.8 Å². The van der Waals surface area contributed by atoms with Gasteiger partial charge in [0.05, 0.1) is 7.11 Å². The minimum Gasteiger partial charge on any atom is -0.497 e. The van der Waals surface area contributed by atoms with Gasteiger partial charge in [0.2, 0.25) is 5.95 Å². The number of aromatic nitrogens is 2. The van der Waals surface area contributed by atoms with Crippen LogP contribution in [0.25, 0.3) is 0 Å². The summed E-state index contributed by atoms with van der Waals surface area (Å²) in [7, 11) is 5.78. The number of methoxy groups -OCH3 is 1. The molecular formula is C23H30N6OS. The molecule has 1 saturated heterocycles. The maximum Gasteiger partial charge on any atom is 0.229 e. The van der Waals surface area contributed by atoms with E-state index in [9.17, 15) is 0 Å². The van der Waals surface area contributed by atoms with Crippen molar-refractivity contribution in [1.29, 1.82) is 0 Å². The standard InChI is InChI=1S/C23H30N6OS/c1-27(2)22-13-21(24-20-12-18(30-3)10-17-11-19(17)20)25-23(26-22)29-7-5-28(6-8-29)14-16-4-9-31-15-16/h4,9-10,12-13,15,17,19H,5-8,11,14H2,1-3H3,(H,24,25,26). The summed E-state index contributed by atoms with van der Waals surface area (Å²) in [6, 6.07) is 4.24. The summed E-state index contributed by atoms with van der Waals surface area (Å²) < 4.78 is 5.48. The molecule has 3 aliphatic rings. The summed E-state index contributed by atoms with van der Waals surface area (Å²) in [5.74, 6) is 4.65. The van der Waals surface area contributed by atoms with Crippen molar-refractivity contribution in [2.75, 3.05) is 62.5 Å². The van der Waals surface area contributed by atoms with Crippen molar-refractivity contribution < 1.29 is 4.74 Å². The van der Waals surface area contributed by atoms with Gasteiger partial charge in [0.15, 0.2) is 0 Å². The predicted molar refractivity (Wildman–Crippen MR) is 127 cm³/mol. The maximum absolute atomic E-state index is 5.48. The second-order valence-corrected chi connectivity index (χ2v) is 9.48. The Morgan fingerprint density at radius 1 is 1.23 bits per heavy atom. The minimum atomic E-state index is 0.556. The highest BCUT2D eigenvalue weighted by Gasteiger charge is 2.41. The molecule has 2 atom stereocenters. The highest BCUT2D eigenvalue weighted by Crippen LogP contribution is 2.48. The number of anilines is 3. The maximum atomic E-state index is 5.48. The van der Waals surface area contributed by atoms with Crippen molar-refractivity contribution in [2.24, 2.45) is 11.8 Å². The number of hydrogen-bond acceptors (Lipinski definition) is 8. The van der Waals surface area contributed by atoms with Crippen LogP contribution in [0.4, 0.5) is 17.6 Å². The Hall–Kier alpha value is -2.58. The molecule has 8 heteroatoms. The van der Waals surface area contributed by atoms with Crippen LogP contribution in [-0.4, -0.2) is 62.3 Å². The van der Waals surface area contributed by atoms with Gasteiger partial charge in [-0.25, -0.2) is 0 Å². The number of nitrogens with zero attached hydrogens (tertiary/aromatic N) is 5. The third kappa shape index (κ3) is 4.55. The average molecular weight is 439 g/mol. The van der Waals surface area contributed by atoms with Crippen LogP contribution in [-0.2, 0) is 11.3 Å². The van der Waals surface area contributed by atoms with Gasteiger partial charge in [-0.2, -0.15) is 21.3 Å². The Morgan fingerprint density at radius 3 is 2.77 bits per heavy atom. The number of ether oxygens (including phenoxy) is 1. The average Bonchev–Trinajstić information content (AvgIpc) is 3.40. The van der Waals surface area contributed by atoms with E-state index in [0.29, 0.717) is 11.8 Å². The van der Waals surface area contributed by atoms with Crippen LogP contribution in [0.2, 0.25) is 0 Å². The molecule has 0 amide bonds. The third-order valence-electron chi connectivity index (χ3n) is 6.22. The van der Waals surface area contributed by atoms with Gasteiger partial charge in [0, 0.05) is 64.5 Å². The van der Waals surface area contributed by atoms with E-state index in [1.54, 1.807) is 18.4 Å². The Kier molecular flexibility index (Phi) is 5.58. The molecule has 1 aliphatic heterocycles. The molecule has 2 fully saturated rings. The summed E-state index contributed by atoms with van der Waals surface area (Å²) in [6.07, 6.45) is 5.51. The molecule has 2 unspecified atom stereocenters. The molecule has 3 heterocycles. The zero-order valence-electron chi connectivity index (χ0n) is 18.4. The van der Waals surface area contributed by atoms with E-state index < -0.39 is 0 Å². The second-order valence-electron chi connectivity index (χ2n) is 8.70. The first-order chi connectivity index (χ1) is 15.1. The summed E-state index contributed by atoms with van der Waals surface area (Å²) in [5.41, 5.74) is 2.60. The third-order valence-corrected chi connectivity index (χ3v) is 6.96. The van der Waals surface area contributed by atoms with Crippen LogP contribution in [0, 0.1) is 11.8 Å². The van der Waals surface area contributed by atoms with Gasteiger partial charge < -0.3 is 19.9 Å². The first-order valence-electron chi connectivity index (χ1n) is 10.9. The molecule has 5 rings (SSSR count). The molecule has 0 radical (unpaired) electrons. The SMILES string of the molecule is COC1=CC2CC2C(Nc2cc(N(C)C)nc(N3CCN(Cc4ccsc4)CC3)n2)=C1. The van der Waals surface area contributed by atoms with E-state index in [0.717, 1.165) is 56.1 Å². The zero-order chi connectivity index (χ0) is 21.4. The number of allylic oxidation sites excluding steroid dienone is 3. The van der Waals surface area contributed by atoms with Gasteiger partial charge in [0.1, 0.15) is 17.4 Å². The number of rotatable bonds is 7. The second kappa shape index (κ2) is 8.51. The number of hydrogen-bond donors (Lipinski definition) is 1. The van der Waals surface area contributed by atoms with Crippen molar-refractivity contribution in [3.8, 4) is 0 Å². The summed E-state index contributed by atoms with van der Waals surface area (Å²) in [6.45, 7) is 4.93. The predicted octanol–water partition coefficient (Wildman–Crippen LogP) is 3.40. The van der Waals surface area contributed by atoms with Crippen molar-refractivity contribution >= 4 is 28.9 Å². The fourth-order valence-electron chi connectivity index (χ4n) is 4.28. The fraction of sp³-hybridized carbons (Fsp3) is 0.478. The molecule has 2 aromatic heterocycles. The van der Waals surface area contributed by atoms with E-state index in [4.69, 9.17) is 14.7 Å². The number of thiophene rings is 1. The number of nitrogens with one attached hydrogen (secondary N) is 1. The minimum absolute atomic E-state index is 0.556. The van der Waals surface area contributed by atoms with Crippen molar-refractivity contribution in [3.63, 3.8) is 0 Å². The number of fused-ring (bicyclic) bond motifs is 1. The molecular weight excluding hydrogens is 408 g/mol. The highest BCUT2D eigenvalue weighted by atomic mass is 32.1. The van der Waals surface area contributed by atoms with E-state index >= 15 is 0 Å². The molecule has 2 aromatic rings. The number of piperazine rings is 1. The molecule has 2 aliphatic carbocycles. The van der Waals surface area contributed by atoms with E-state index in [1.807, 2.05) is 25.1 Å². The van der Waals surface area contributed by atoms with E-state index in [1.165, 1.54) is 17.7 Å². The lowest BCUT2D eigenvalue weighted by molar-refractivity contribution is 0.249. The van der Waals surface area contributed by atoms with Crippen molar-refractivity contribution in [2.45, 2.75) is 13.0 Å². The van der Waals surface area contributed by atoms with Crippen LogP contribution in [0.15, 0.2) is 46.5 Å². The molecule has 164 valence electrons. The zero-order valence-corrected chi connectivity index (χ0v) is 19.2. The van der Waals surface area contributed by atoms with Gasteiger partial charge in [-0.1, -0.05) is 0 Å². The van der Waals surface area contributed by atoms with E-state index in [2.05, 4.69) is 44.1 Å². The van der Waals surface area contributed by atoms with Crippen LogP contribution >= 0.6 is 11.3 Å². The first-order valence-corrected chi connectivity index (χ1v) is 11.8. The Labute approximate surface area is 188 Å². The molecule has 0 bridgehead atoms. The van der Waals surface area contributed by atoms with Crippen molar-refractivity contribution in [3.05, 3.63) is 52.1 Å². The summed E-state index contributed by atoms with van der Waals surface area (Å²) in [5, 5.41) is 7.97. The monoisotopic (exact) mass is 438 g/mol. The van der Waals surface area contributed by atoms with Crippen LogP contribution in [0.1, 0.15) is 12.0 Å². The normalized spacial score (nSPS) is 23.0. The van der Waals surface area contributed by atoms with E-state index in [-0.39, 0.29) is 0 Å². The Morgan fingerprint density at radius 2 is 2.06 bits per heavy atom. The van der Waals surface area contributed by atoms with Crippen LogP contribution < -0.4 is 15.1 Å².